The molecule has 0 aromatic carbocycles. The highest BCUT2D eigenvalue weighted by molar-refractivity contribution is 7.89. The highest BCUT2D eigenvalue weighted by Gasteiger charge is 2.34. The Morgan fingerprint density at radius 3 is 2.65 bits per heavy atom. The Morgan fingerprint density at radius 1 is 1.43 bits per heavy atom. The maximum Gasteiger partial charge on any atom is 0.355 e. The van der Waals surface area contributed by atoms with Crippen molar-refractivity contribution in [1.29, 1.82) is 0 Å². The fourth-order valence-corrected chi connectivity index (χ4v) is 4.79. The van der Waals surface area contributed by atoms with Crippen LogP contribution in [0.5, 0.6) is 0 Å². The number of carbonyl (C=O) groups is 1. The number of piperidine rings is 1. The lowest BCUT2D eigenvalue weighted by atomic mass is 10.1. The van der Waals surface area contributed by atoms with Crippen LogP contribution in [0.1, 0.15) is 41.5 Å². The van der Waals surface area contributed by atoms with Gasteiger partial charge in [0.2, 0.25) is 10.0 Å². The topological polar surface area (TPSA) is 105 Å². The van der Waals surface area contributed by atoms with Crippen LogP contribution in [0.2, 0.25) is 0 Å². The zero-order valence-electron chi connectivity index (χ0n) is 13.6. The number of hydrogen-bond acceptors (Lipinski definition) is 5. The summed E-state index contributed by atoms with van der Waals surface area (Å²) in [7, 11) is -3.67. The van der Waals surface area contributed by atoms with Crippen LogP contribution in [-0.2, 0) is 14.8 Å². The molecule has 0 radical (unpaired) electrons. The Bertz CT molecular complexity index is 672. The zero-order valence-corrected chi connectivity index (χ0v) is 15.2. The van der Waals surface area contributed by atoms with Gasteiger partial charge in [0.05, 0.1) is 6.61 Å². The Balaban J connectivity index is 0.00000264. The van der Waals surface area contributed by atoms with Crippen LogP contribution in [-0.4, -0.2) is 49.4 Å². The maximum absolute atomic E-state index is 12.9. The van der Waals surface area contributed by atoms with E-state index in [4.69, 9.17) is 10.5 Å². The third-order valence-corrected chi connectivity index (χ3v) is 6.01. The van der Waals surface area contributed by atoms with Crippen LogP contribution in [0.15, 0.2) is 4.90 Å². The van der Waals surface area contributed by atoms with Gasteiger partial charge in [0, 0.05) is 30.4 Å². The minimum Gasteiger partial charge on any atom is -0.461 e. The smallest absolute Gasteiger partial charge is 0.355 e. The van der Waals surface area contributed by atoms with Gasteiger partial charge >= 0.3 is 5.97 Å². The van der Waals surface area contributed by atoms with Crippen LogP contribution < -0.4 is 5.73 Å². The van der Waals surface area contributed by atoms with E-state index in [0.717, 1.165) is 12.8 Å². The number of H-pyrrole nitrogens is 1. The van der Waals surface area contributed by atoms with E-state index in [1.807, 2.05) is 0 Å². The van der Waals surface area contributed by atoms with E-state index in [-0.39, 0.29) is 35.6 Å². The Kier molecular flexibility index (Phi) is 6.64. The average Bonchev–Trinajstić information content (AvgIpc) is 2.75. The highest BCUT2D eigenvalue weighted by Crippen LogP contribution is 2.28. The summed E-state index contributed by atoms with van der Waals surface area (Å²) in [4.78, 5) is 14.9. The molecule has 1 aromatic rings. The van der Waals surface area contributed by atoms with Gasteiger partial charge in [0.1, 0.15) is 10.6 Å². The molecule has 1 atom stereocenters. The average molecular weight is 366 g/mol. The summed E-state index contributed by atoms with van der Waals surface area (Å²) in [6.07, 6.45) is 1.57. The molecule has 1 aliphatic heterocycles. The third kappa shape index (κ3) is 3.88. The summed E-state index contributed by atoms with van der Waals surface area (Å²) < 4.78 is 32.1. The van der Waals surface area contributed by atoms with E-state index in [9.17, 15) is 13.2 Å². The molecule has 132 valence electrons. The first-order valence-electron chi connectivity index (χ1n) is 7.41. The molecule has 0 spiro atoms. The fraction of sp³-hybridized carbons (Fsp3) is 0.643. The summed E-state index contributed by atoms with van der Waals surface area (Å²) in [5.74, 6) is -0.542. The molecule has 2 heterocycles. The molecule has 1 aliphatic rings. The highest BCUT2D eigenvalue weighted by atomic mass is 35.5. The third-order valence-electron chi connectivity index (χ3n) is 3.87. The number of sulfonamides is 1. The number of ether oxygens (including phenoxy) is 1. The second-order valence-electron chi connectivity index (χ2n) is 5.56. The van der Waals surface area contributed by atoms with Gasteiger partial charge in [-0.25, -0.2) is 13.2 Å². The molecular formula is C14H24ClN3O4S. The number of halogens is 1. The van der Waals surface area contributed by atoms with Gasteiger partial charge in [-0.2, -0.15) is 4.31 Å². The lowest BCUT2D eigenvalue weighted by Crippen LogP contribution is -2.45. The molecule has 0 bridgehead atoms. The molecular weight excluding hydrogens is 342 g/mol. The van der Waals surface area contributed by atoms with Gasteiger partial charge in [0.25, 0.3) is 0 Å². The van der Waals surface area contributed by atoms with Crippen molar-refractivity contribution >= 4 is 28.4 Å². The lowest BCUT2D eigenvalue weighted by Gasteiger charge is -2.30. The van der Waals surface area contributed by atoms with Crippen molar-refractivity contribution in [2.75, 3.05) is 19.7 Å². The normalized spacial score (nSPS) is 19.2. The van der Waals surface area contributed by atoms with Crippen molar-refractivity contribution in [3.8, 4) is 0 Å². The molecule has 3 N–H and O–H groups in total. The van der Waals surface area contributed by atoms with Crippen LogP contribution in [0.4, 0.5) is 0 Å². The number of carbonyl (C=O) groups excluding carboxylic acids is 1. The predicted octanol–water partition coefficient (Wildman–Crippen LogP) is 1.34. The second-order valence-corrected chi connectivity index (χ2v) is 7.44. The summed E-state index contributed by atoms with van der Waals surface area (Å²) in [6.45, 7) is 5.96. The van der Waals surface area contributed by atoms with Gasteiger partial charge < -0.3 is 15.5 Å². The van der Waals surface area contributed by atoms with Gasteiger partial charge in [-0.05, 0) is 33.6 Å². The Morgan fingerprint density at radius 2 is 2.09 bits per heavy atom. The summed E-state index contributed by atoms with van der Waals surface area (Å²) in [6, 6.07) is -0.146. The molecule has 7 nitrogen and oxygen atoms in total. The monoisotopic (exact) mass is 365 g/mol. The van der Waals surface area contributed by atoms with Crippen LogP contribution in [0.3, 0.4) is 0 Å². The molecule has 1 saturated heterocycles. The molecule has 0 amide bonds. The first-order valence-corrected chi connectivity index (χ1v) is 8.85. The van der Waals surface area contributed by atoms with E-state index in [1.165, 1.54) is 4.31 Å². The number of aromatic amines is 1. The van der Waals surface area contributed by atoms with E-state index in [0.29, 0.717) is 24.3 Å². The maximum atomic E-state index is 12.9. The lowest BCUT2D eigenvalue weighted by molar-refractivity contribution is 0.0519. The van der Waals surface area contributed by atoms with Gasteiger partial charge in [-0.1, -0.05) is 0 Å². The SMILES string of the molecule is CCOC(=O)c1[nH]c(C)c(S(=O)(=O)N2CCCC(N)C2)c1C.Cl. The fourth-order valence-electron chi connectivity index (χ4n) is 2.85. The van der Waals surface area contributed by atoms with E-state index in [1.54, 1.807) is 20.8 Å². The number of esters is 1. The van der Waals surface area contributed by atoms with E-state index >= 15 is 0 Å². The molecule has 2 rings (SSSR count). The number of hydrogen-bond donors (Lipinski definition) is 2. The molecule has 9 heteroatoms. The van der Waals surface area contributed by atoms with E-state index < -0.39 is 16.0 Å². The molecule has 1 fully saturated rings. The Labute approximate surface area is 143 Å². The van der Waals surface area contributed by atoms with Crippen molar-refractivity contribution in [1.82, 2.24) is 9.29 Å². The standard InChI is InChI=1S/C14H23N3O4S.ClH/c1-4-21-14(18)12-9(2)13(10(3)16-12)22(19,20)17-7-5-6-11(15)8-17;/h11,16H,4-8,15H2,1-3H3;1H. The van der Waals surface area contributed by atoms with Crippen LogP contribution >= 0.6 is 12.4 Å². The zero-order chi connectivity index (χ0) is 16.5. The summed E-state index contributed by atoms with van der Waals surface area (Å²) in [5, 5.41) is 0. The number of nitrogens with one attached hydrogen (secondary N) is 1. The Hall–Kier alpha value is -1.09. The quantitative estimate of drug-likeness (QED) is 0.783. The number of nitrogens with zero attached hydrogens (tertiary/aromatic N) is 1. The number of aromatic nitrogens is 1. The second kappa shape index (κ2) is 7.65. The molecule has 1 aromatic heterocycles. The molecule has 0 saturated carbocycles. The van der Waals surface area contributed by atoms with Crippen molar-refractivity contribution < 1.29 is 17.9 Å². The minimum absolute atomic E-state index is 0. The van der Waals surface area contributed by atoms with Gasteiger partial charge in [-0.3, -0.25) is 0 Å². The summed E-state index contributed by atoms with van der Waals surface area (Å²) >= 11 is 0. The summed E-state index contributed by atoms with van der Waals surface area (Å²) in [5.41, 5.74) is 6.92. The predicted molar refractivity (Wildman–Crippen MR) is 89.4 cm³/mol. The number of aryl methyl sites for hydroxylation is 1. The molecule has 23 heavy (non-hydrogen) atoms. The van der Waals surface area contributed by atoms with Crippen molar-refractivity contribution in [3.05, 3.63) is 17.0 Å². The van der Waals surface area contributed by atoms with E-state index in [2.05, 4.69) is 4.98 Å². The minimum atomic E-state index is -3.67. The van der Waals surface area contributed by atoms with Gasteiger partial charge in [0.15, 0.2) is 0 Å². The van der Waals surface area contributed by atoms with Gasteiger partial charge in [-0.15, -0.1) is 12.4 Å². The number of nitrogens with two attached hydrogens (primary N) is 1. The van der Waals surface area contributed by atoms with Crippen LogP contribution in [0, 0.1) is 13.8 Å². The number of rotatable bonds is 4. The largest absolute Gasteiger partial charge is 0.461 e. The first kappa shape index (κ1) is 20.0. The first-order chi connectivity index (χ1) is 10.3. The van der Waals surface area contributed by atoms with Crippen molar-refractivity contribution in [2.24, 2.45) is 5.73 Å². The molecule has 1 unspecified atom stereocenters. The molecule has 0 aliphatic carbocycles. The van der Waals surface area contributed by atoms with Crippen molar-refractivity contribution in [2.45, 2.75) is 44.6 Å². The van der Waals surface area contributed by atoms with Crippen LogP contribution in [0.25, 0.3) is 0 Å². The van der Waals surface area contributed by atoms with Crippen molar-refractivity contribution in [3.63, 3.8) is 0 Å².